The second-order valence-corrected chi connectivity index (χ2v) is 5.09. The molecule has 7 heteroatoms. The van der Waals surface area contributed by atoms with Crippen LogP contribution in [0.2, 0.25) is 5.02 Å². The molecular weight excluding hydrogens is 332 g/mol. The van der Waals surface area contributed by atoms with E-state index in [-0.39, 0.29) is 0 Å². The molecular formula is C17H17ClN2O4. The van der Waals surface area contributed by atoms with Crippen LogP contribution in [-0.2, 0) is 0 Å². The lowest BCUT2D eigenvalue weighted by molar-refractivity contribution is 0.0952. The Morgan fingerprint density at radius 3 is 2.33 bits per heavy atom. The first-order valence-electron chi connectivity index (χ1n) is 6.98. The number of nitrogens with zero attached hydrogens (tertiary/aromatic N) is 1. The van der Waals surface area contributed by atoms with E-state index in [2.05, 4.69) is 10.5 Å². The molecule has 0 radical (unpaired) electrons. The largest absolute Gasteiger partial charge is 0.496 e. The molecule has 1 amide bonds. The quantitative estimate of drug-likeness (QED) is 0.643. The van der Waals surface area contributed by atoms with Crippen LogP contribution in [0.3, 0.4) is 0 Å². The maximum Gasteiger partial charge on any atom is 0.275 e. The Morgan fingerprint density at radius 2 is 1.67 bits per heavy atom. The number of carbonyl (C=O) groups is 1. The highest BCUT2D eigenvalue weighted by atomic mass is 35.5. The second-order valence-electron chi connectivity index (χ2n) is 4.66. The number of nitrogens with one attached hydrogen (secondary N) is 1. The Labute approximate surface area is 145 Å². The smallest absolute Gasteiger partial charge is 0.275 e. The fraction of sp³-hybridized carbons (Fsp3) is 0.176. The van der Waals surface area contributed by atoms with E-state index in [9.17, 15) is 4.79 Å². The lowest BCUT2D eigenvalue weighted by Crippen LogP contribution is -2.18. The first-order chi connectivity index (χ1) is 11.6. The molecule has 0 aliphatic rings. The summed E-state index contributed by atoms with van der Waals surface area (Å²) >= 11 is 5.91. The zero-order valence-corrected chi connectivity index (χ0v) is 14.3. The molecule has 0 aromatic heterocycles. The van der Waals surface area contributed by atoms with Crippen LogP contribution in [0.5, 0.6) is 17.2 Å². The van der Waals surface area contributed by atoms with Crippen molar-refractivity contribution in [2.45, 2.75) is 0 Å². The molecule has 0 saturated carbocycles. The van der Waals surface area contributed by atoms with Crippen molar-refractivity contribution in [3.8, 4) is 17.2 Å². The third-order valence-electron chi connectivity index (χ3n) is 3.19. The van der Waals surface area contributed by atoms with Crippen molar-refractivity contribution in [2.24, 2.45) is 5.10 Å². The van der Waals surface area contributed by atoms with E-state index < -0.39 is 5.91 Å². The highest BCUT2D eigenvalue weighted by molar-refractivity contribution is 6.31. The Balaban J connectivity index is 2.11. The highest BCUT2D eigenvalue weighted by Crippen LogP contribution is 2.27. The summed E-state index contributed by atoms with van der Waals surface area (Å²) in [6.45, 7) is 0. The van der Waals surface area contributed by atoms with E-state index in [0.29, 0.717) is 27.8 Å². The van der Waals surface area contributed by atoms with Gasteiger partial charge in [0, 0.05) is 5.02 Å². The van der Waals surface area contributed by atoms with Gasteiger partial charge in [-0.25, -0.2) is 5.43 Å². The molecule has 126 valence electrons. The minimum Gasteiger partial charge on any atom is -0.496 e. The van der Waals surface area contributed by atoms with Crippen LogP contribution in [0, 0.1) is 0 Å². The number of hydrogen-bond donors (Lipinski definition) is 1. The van der Waals surface area contributed by atoms with Crippen molar-refractivity contribution in [1.82, 2.24) is 5.43 Å². The molecule has 2 aromatic rings. The summed E-state index contributed by atoms with van der Waals surface area (Å²) in [6.07, 6.45) is 1.50. The maximum absolute atomic E-state index is 12.2. The van der Waals surface area contributed by atoms with Gasteiger partial charge in [0.1, 0.15) is 5.75 Å². The zero-order chi connectivity index (χ0) is 17.5. The third kappa shape index (κ3) is 4.17. The molecule has 2 aromatic carbocycles. The molecule has 24 heavy (non-hydrogen) atoms. The molecule has 6 nitrogen and oxygen atoms in total. The lowest BCUT2D eigenvalue weighted by atomic mass is 10.2. The Morgan fingerprint density at radius 1 is 1.00 bits per heavy atom. The average molecular weight is 349 g/mol. The number of rotatable bonds is 6. The molecule has 0 bridgehead atoms. The van der Waals surface area contributed by atoms with E-state index in [1.807, 2.05) is 0 Å². The molecule has 0 saturated heterocycles. The molecule has 2 rings (SSSR count). The summed E-state index contributed by atoms with van der Waals surface area (Å²) in [4.78, 5) is 12.2. The Hall–Kier alpha value is -2.73. The van der Waals surface area contributed by atoms with Gasteiger partial charge in [0.05, 0.1) is 33.1 Å². The number of amides is 1. The number of benzene rings is 2. The van der Waals surface area contributed by atoms with Crippen molar-refractivity contribution in [3.05, 3.63) is 52.5 Å². The van der Waals surface area contributed by atoms with Crippen LogP contribution >= 0.6 is 11.6 Å². The van der Waals surface area contributed by atoms with E-state index in [1.165, 1.54) is 19.4 Å². The van der Waals surface area contributed by atoms with Crippen LogP contribution in [0.4, 0.5) is 0 Å². The van der Waals surface area contributed by atoms with Crippen LogP contribution in [-0.4, -0.2) is 33.5 Å². The number of hydrazone groups is 1. The number of carbonyl (C=O) groups excluding carboxylic acids is 1. The van der Waals surface area contributed by atoms with Gasteiger partial charge in [-0.1, -0.05) is 11.6 Å². The SMILES string of the molecule is COc1ccc(/C=N/NC(=O)c2cc(Cl)ccc2OC)cc1OC. The number of methoxy groups -OCH3 is 3. The van der Waals surface area contributed by atoms with E-state index in [4.69, 9.17) is 25.8 Å². The minimum absolute atomic E-state index is 0.300. The fourth-order valence-corrected chi connectivity index (χ4v) is 2.19. The van der Waals surface area contributed by atoms with E-state index in [0.717, 1.165) is 5.56 Å². The maximum atomic E-state index is 12.2. The van der Waals surface area contributed by atoms with Crippen LogP contribution in [0.1, 0.15) is 15.9 Å². The molecule has 0 aliphatic heterocycles. The van der Waals surface area contributed by atoms with Crippen molar-refractivity contribution < 1.29 is 19.0 Å². The molecule has 0 spiro atoms. The van der Waals surface area contributed by atoms with Gasteiger partial charge in [0.25, 0.3) is 5.91 Å². The molecule has 0 unspecified atom stereocenters. The second kappa shape index (κ2) is 8.21. The fourth-order valence-electron chi connectivity index (χ4n) is 2.02. The first-order valence-corrected chi connectivity index (χ1v) is 7.35. The van der Waals surface area contributed by atoms with Crippen molar-refractivity contribution in [3.63, 3.8) is 0 Å². The van der Waals surface area contributed by atoms with Gasteiger partial charge in [-0.15, -0.1) is 0 Å². The molecule has 0 atom stereocenters. The summed E-state index contributed by atoms with van der Waals surface area (Å²) in [7, 11) is 4.59. The van der Waals surface area contributed by atoms with E-state index in [1.54, 1.807) is 44.6 Å². The van der Waals surface area contributed by atoms with Crippen molar-refractivity contribution in [1.29, 1.82) is 0 Å². The van der Waals surface area contributed by atoms with E-state index >= 15 is 0 Å². The standard InChI is InChI=1S/C17H17ClN2O4/c1-22-14-7-5-12(18)9-13(14)17(21)20-19-10-11-4-6-15(23-2)16(8-11)24-3/h4-10H,1-3H3,(H,20,21)/b19-10+. The summed E-state index contributed by atoms with van der Waals surface area (Å²) in [6, 6.07) is 10.1. The Kier molecular flexibility index (Phi) is 6.03. The summed E-state index contributed by atoms with van der Waals surface area (Å²) in [5, 5.41) is 4.37. The van der Waals surface area contributed by atoms with Gasteiger partial charge in [0.2, 0.25) is 0 Å². The van der Waals surface area contributed by atoms with Crippen LogP contribution < -0.4 is 19.6 Å². The van der Waals surface area contributed by atoms with Gasteiger partial charge < -0.3 is 14.2 Å². The van der Waals surface area contributed by atoms with Crippen LogP contribution in [0.15, 0.2) is 41.5 Å². The van der Waals surface area contributed by atoms with Gasteiger partial charge in [0.15, 0.2) is 11.5 Å². The normalized spacial score (nSPS) is 10.5. The number of hydrogen-bond acceptors (Lipinski definition) is 5. The molecule has 1 N–H and O–H groups in total. The van der Waals surface area contributed by atoms with Gasteiger partial charge in [-0.3, -0.25) is 4.79 Å². The molecule has 0 aliphatic carbocycles. The first kappa shape index (κ1) is 17.6. The lowest BCUT2D eigenvalue weighted by Gasteiger charge is -2.08. The molecule has 0 heterocycles. The Bertz CT molecular complexity index is 762. The average Bonchev–Trinajstić information content (AvgIpc) is 2.61. The summed E-state index contributed by atoms with van der Waals surface area (Å²) in [5.41, 5.74) is 3.48. The van der Waals surface area contributed by atoms with Crippen molar-refractivity contribution >= 4 is 23.7 Å². The van der Waals surface area contributed by atoms with Crippen LogP contribution in [0.25, 0.3) is 0 Å². The predicted molar refractivity (Wildman–Crippen MR) is 92.6 cm³/mol. The molecule has 0 fully saturated rings. The minimum atomic E-state index is -0.425. The highest BCUT2D eigenvalue weighted by Gasteiger charge is 2.12. The zero-order valence-electron chi connectivity index (χ0n) is 13.5. The predicted octanol–water partition coefficient (Wildman–Crippen LogP) is 3.13. The topological polar surface area (TPSA) is 69.2 Å². The van der Waals surface area contributed by atoms with Gasteiger partial charge in [-0.2, -0.15) is 5.10 Å². The van der Waals surface area contributed by atoms with Gasteiger partial charge >= 0.3 is 0 Å². The summed E-state index contributed by atoms with van der Waals surface area (Å²) in [5.74, 6) is 1.18. The third-order valence-corrected chi connectivity index (χ3v) is 3.43. The van der Waals surface area contributed by atoms with Crippen molar-refractivity contribution in [2.75, 3.05) is 21.3 Å². The monoisotopic (exact) mass is 348 g/mol. The number of halogens is 1. The summed E-state index contributed by atoms with van der Waals surface area (Å²) < 4.78 is 15.5. The number of ether oxygens (including phenoxy) is 3. The van der Waals surface area contributed by atoms with Gasteiger partial charge in [-0.05, 0) is 42.0 Å².